The zero-order chi connectivity index (χ0) is 18.1. The van der Waals surface area contributed by atoms with Crippen LogP contribution in [0.3, 0.4) is 0 Å². The van der Waals surface area contributed by atoms with E-state index in [1.54, 1.807) is 32.0 Å². The zero-order valence-electron chi connectivity index (χ0n) is 15.6. The predicted molar refractivity (Wildman–Crippen MR) is 117 cm³/mol. The van der Waals surface area contributed by atoms with Crippen molar-refractivity contribution in [3.8, 4) is 0 Å². The largest absolute Gasteiger partial charge is 0.381 e. The standard InChI is InChI=1S/C18H28FN3O2S.HI/c1-20-17(22-13-18(23-2)6-8-24-9-7-18)21-11-14-4-5-16(19)10-15(14)12-25-3;/h4-5,10H,6-9,11-13H2,1-3H3,(H2,20,21,22);1H. The second-order valence-electron chi connectivity index (χ2n) is 6.12. The summed E-state index contributed by atoms with van der Waals surface area (Å²) >= 11 is 1.68. The Kier molecular flexibility index (Phi) is 10.8. The number of ether oxygens (including phenoxy) is 2. The van der Waals surface area contributed by atoms with Crippen LogP contribution in [-0.4, -0.2) is 51.7 Å². The summed E-state index contributed by atoms with van der Waals surface area (Å²) < 4.78 is 24.6. The number of aliphatic imine (C=N–C) groups is 1. The maximum Gasteiger partial charge on any atom is 0.191 e. The molecule has 0 saturated carbocycles. The topological polar surface area (TPSA) is 54.9 Å². The highest BCUT2D eigenvalue weighted by atomic mass is 127. The van der Waals surface area contributed by atoms with E-state index in [0.29, 0.717) is 19.0 Å². The van der Waals surface area contributed by atoms with E-state index in [2.05, 4.69) is 15.6 Å². The molecule has 0 spiro atoms. The molecule has 0 amide bonds. The van der Waals surface area contributed by atoms with Crippen molar-refractivity contribution < 1.29 is 13.9 Å². The Morgan fingerprint density at radius 1 is 1.31 bits per heavy atom. The van der Waals surface area contributed by atoms with E-state index in [0.717, 1.165) is 42.9 Å². The van der Waals surface area contributed by atoms with Gasteiger partial charge < -0.3 is 20.1 Å². The molecule has 1 aromatic carbocycles. The van der Waals surface area contributed by atoms with Gasteiger partial charge in [-0.05, 0) is 29.5 Å². The average molecular weight is 497 g/mol. The second kappa shape index (κ2) is 12.0. The minimum absolute atomic E-state index is 0. The van der Waals surface area contributed by atoms with Crippen LogP contribution in [0.4, 0.5) is 4.39 Å². The van der Waals surface area contributed by atoms with Gasteiger partial charge in [0, 0.05) is 59.1 Å². The number of methoxy groups -OCH3 is 1. The fourth-order valence-electron chi connectivity index (χ4n) is 2.90. The fourth-order valence-corrected chi connectivity index (χ4v) is 3.48. The second-order valence-corrected chi connectivity index (χ2v) is 6.99. The van der Waals surface area contributed by atoms with Crippen LogP contribution in [-0.2, 0) is 21.8 Å². The van der Waals surface area contributed by atoms with Gasteiger partial charge >= 0.3 is 0 Å². The highest BCUT2D eigenvalue weighted by molar-refractivity contribution is 14.0. The number of hydrogen-bond acceptors (Lipinski definition) is 4. The molecule has 8 heteroatoms. The lowest BCUT2D eigenvalue weighted by Gasteiger charge is -2.36. The Hall–Kier alpha value is -0.580. The summed E-state index contributed by atoms with van der Waals surface area (Å²) in [7, 11) is 3.49. The lowest BCUT2D eigenvalue weighted by atomic mass is 9.94. The molecule has 0 bridgehead atoms. The molecule has 1 heterocycles. The lowest BCUT2D eigenvalue weighted by molar-refractivity contribution is -0.0855. The molecule has 5 nitrogen and oxygen atoms in total. The summed E-state index contributed by atoms with van der Waals surface area (Å²) in [6.45, 7) is 2.71. The zero-order valence-corrected chi connectivity index (χ0v) is 18.8. The van der Waals surface area contributed by atoms with Crippen LogP contribution >= 0.6 is 35.7 Å². The molecule has 26 heavy (non-hydrogen) atoms. The SMILES string of the molecule is CN=C(NCc1ccc(F)cc1CSC)NCC1(OC)CCOCC1.I. The molecule has 148 valence electrons. The highest BCUT2D eigenvalue weighted by Gasteiger charge is 2.32. The molecule has 0 atom stereocenters. The van der Waals surface area contributed by atoms with E-state index in [9.17, 15) is 4.39 Å². The van der Waals surface area contributed by atoms with Crippen LogP contribution in [0.15, 0.2) is 23.2 Å². The summed E-state index contributed by atoms with van der Waals surface area (Å²) in [6.07, 6.45) is 3.74. The predicted octanol–water partition coefficient (Wildman–Crippen LogP) is 3.17. The molecule has 1 saturated heterocycles. The first-order valence-electron chi connectivity index (χ1n) is 8.46. The van der Waals surface area contributed by atoms with Crippen molar-refractivity contribution in [2.24, 2.45) is 4.99 Å². The smallest absolute Gasteiger partial charge is 0.191 e. The van der Waals surface area contributed by atoms with Gasteiger partial charge in [0.25, 0.3) is 0 Å². The van der Waals surface area contributed by atoms with Gasteiger partial charge in [0.15, 0.2) is 5.96 Å². The highest BCUT2D eigenvalue weighted by Crippen LogP contribution is 2.23. The van der Waals surface area contributed by atoms with Gasteiger partial charge in [0.05, 0.1) is 5.60 Å². The fraction of sp³-hybridized carbons (Fsp3) is 0.611. The summed E-state index contributed by atoms with van der Waals surface area (Å²) in [6, 6.07) is 4.93. The van der Waals surface area contributed by atoms with E-state index in [-0.39, 0.29) is 35.4 Å². The molecule has 1 aliphatic heterocycles. The molecule has 1 fully saturated rings. The van der Waals surface area contributed by atoms with E-state index in [1.165, 1.54) is 6.07 Å². The minimum atomic E-state index is -0.213. The number of benzene rings is 1. The van der Waals surface area contributed by atoms with E-state index >= 15 is 0 Å². The third-order valence-electron chi connectivity index (χ3n) is 4.55. The molecule has 0 unspecified atom stereocenters. The van der Waals surface area contributed by atoms with Crippen molar-refractivity contribution in [1.82, 2.24) is 10.6 Å². The molecule has 2 rings (SSSR count). The summed E-state index contributed by atoms with van der Waals surface area (Å²) in [5.74, 6) is 1.30. The Morgan fingerprint density at radius 2 is 2.04 bits per heavy atom. The van der Waals surface area contributed by atoms with Crippen LogP contribution in [0.25, 0.3) is 0 Å². The third-order valence-corrected chi connectivity index (χ3v) is 5.15. The number of nitrogens with one attached hydrogen (secondary N) is 2. The van der Waals surface area contributed by atoms with Gasteiger partial charge in [-0.2, -0.15) is 11.8 Å². The third kappa shape index (κ3) is 6.86. The van der Waals surface area contributed by atoms with Crippen LogP contribution in [0, 0.1) is 5.82 Å². The van der Waals surface area contributed by atoms with Gasteiger partial charge in [-0.25, -0.2) is 4.39 Å². The first kappa shape index (κ1) is 23.5. The molecule has 1 aromatic rings. The van der Waals surface area contributed by atoms with Gasteiger partial charge in [-0.1, -0.05) is 6.07 Å². The van der Waals surface area contributed by atoms with Crippen LogP contribution < -0.4 is 10.6 Å². The van der Waals surface area contributed by atoms with Crippen molar-refractivity contribution in [3.05, 3.63) is 35.1 Å². The summed E-state index contributed by atoms with van der Waals surface area (Å²) in [5.41, 5.74) is 1.87. The maximum absolute atomic E-state index is 13.5. The Morgan fingerprint density at radius 3 is 2.65 bits per heavy atom. The number of rotatable bonds is 7. The van der Waals surface area contributed by atoms with Gasteiger partial charge in [0.1, 0.15) is 5.82 Å². The van der Waals surface area contributed by atoms with E-state index in [4.69, 9.17) is 9.47 Å². The van der Waals surface area contributed by atoms with Crippen molar-refractivity contribution >= 4 is 41.7 Å². The van der Waals surface area contributed by atoms with E-state index < -0.39 is 0 Å². The Labute approximate surface area is 176 Å². The number of halogens is 2. The van der Waals surface area contributed by atoms with Crippen LogP contribution in [0.5, 0.6) is 0 Å². The first-order chi connectivity index (χ1) is 12.1. The van der Waals surface area contributed by atoms with Crippen LogP contribution in [0.1, 0.15) is 24.0 Å². The average Bonchev–Trinajstić information content (AvgIpc) is 2.64. The minimum Gasteiger partial charge on any atom is -0.381 e. The molecule has 0 aliphatic carbocycles. The van der Waals surface area contributed by atoms with E-state index in [1.807, 2.05) is 12.3 Å². The van der Waals surface area contributed by atoms with Gasteiger partial charge in [-0.3, -0.25) is 4.99 Å². The van der Waals surface area contributed by atoms with Crippen molar-refractivity contribution in [1.29, 1.82) is 0 Å². The van der Waals surface area contributed by atoms with Crippen molar-refractivity contribution in [3.63, 3.8) is 0 Å². The monoisotopic (exact) mass is 497 g/mol. The molecular weight excluding hydrogens is 468 g/mol. The maximum atomic E-state index is 13.5. The molecule has 2 N–H and O–H groups in total. The Balaban J connectivity index is 0.00000338. The first-order valence-corrected chi connectivity index (χ1v) is 9.85. The number of nitrogens with zero attached hydrogens (tertiary/aromatic N) is 1. The summed E-state index contributed by atoms with van der Waals surface area (Å²) in [4.78, 5) is 4.27. The summed E-state index contributed by atoms with van der Waals surface area (Å²) in [5, 5.41) is 6.65. The molecule has 0 aromatic heterocycles. The van der Waals surface area contributed by atoms with Crippen molar-refractivity contribution in [2.75, 3.05) is 40.2 Å². The van der Waals surface area contributed by atoms with Gasteiger partial charge in [0.2, 0.25) is 0 Å². The Bertz CT molecular complexity index is 584. The quantitative estimate of drug-likeness (QED) is 0.345. The normalized spacial score (nSPS) is 16.7. The molecule has 0 radical (unpaired) electrons. The number of thioether (sulfide) groups is 1. The number of guanidine groups is 1. The van der Waals surface area contributed by atoms with Crippen LogP contribution in [0.2, 0.25) is 0 Å². The lowest BCUT2D eigenvalue weighted by Crippen LogP contribution is -2.50. The van der Waals surface area contributed by atoms with Gasteiger partial charge in [-0.15, -0.1) is 24.0 Å². The number of hydrogen-bond donors (Lipinski definition) is 2. The molecular formula is C18H29FIN3O2S. The van der Waals surface area contributed by atoms with Crippen molar-refractivity contribution in [2.45, 2.75) is 30.7 Å². The molecule has 1 aliphatic rings.